The molecule has 0 atom stereocenters. The molecule has 1 aromatic heterocycles. The van der Waals surface area contributed by atoms with Crippen molar-refractivity contribution in [2.24, 2.45) is 4.99 Å². The number of hydrogen-bond donors (Lipinski definition) is 2. The molecule has 2 N–H and O–H groups in total. The molecule has 142 valence electrons. The van der Waals surface area contributed by atoms with Crippen LogP contribution in [0.5, 0.6) is 0 Å². The van der Waals surface area contributed by atoms with Crippen molar-refractivity contribution >= 4 is 41.3 Å². The lowest BCUT2D eigenvalue weighted by molar-refractivity contribution is 0.559. The van der Waals surface area contributed by atoms with Gasteiger partial charge in [-0.1, -0.05) is 18.2 Å². The van der Waals surface area contributed by atoms with Gasteiger partial charge in [-0.25, -0.2) is 14.4 Å². The molecule has 0 radical (unpaired) electrons. The molecule has 1 aromatic carbocycles. The molecule has 0 amide bonds. The number of aliphatic imine (C=N–C) groups is 1. The number of hydrogen-bond acceptors (Lipinski definition) is 3. The van der Waals surface area contributed by atoms with E-state index in [2.05, 4.69) is 20.6 Å². The minimum atomic E-state index is -0.112. The number of halogens is 2. The van der Waals surface area contributed by atoms with Crippen molar-refractivity contribution in [3.8, 4) is 0 Å². The summed E-state index contributed by atoms with van der Waals surface area (Å²) in [7, 11) is 0. The van der Waals surface area contributed by atoms with Gasteiger partial charge >= 0.3 is 0 Å². The van der Waals surface area contributed by atoms with Crippen LogP contribution in [0.25, 0.3) is 0 Å². The predicted octanol–water partition coefficient (Wildman–Crippen LogP) is 4.30. The highest BCUT2D eigenvalue weighted by Gasteiger charge is 2.45. The first-order valence-electron chi connectivity index (χ1n) is 8.74. The van der Waals surface area contributed by atoms with Crippen molar-refractivity contribution in [1.29, 1.82) is 0 Å². The fourth-order valence-electron chi connectivity index (χ4n) is 3.05. The van der Waals surface area contributed by atoms with Crippen LogP contribution in [0, 0.1) is 19.7 Å². The molecule has 0 unspecified atom stereocenters. The Bertz CT molecular complexity index is 771. The Labute approximate surface area is 175 Å². The largest absolute Gasteiger partial charge is 0.357 e. The third kappa shape index (κ3) is 4.94. The first kappa shape index (κ1) is 21.1. The molecule has 1 heterocycles. The number of aromatic nitrogens is 1. The Kier molecular flexibility index (Phi) is 7.40. The van der Waals surface area contributed by atoms with Gasteiger partial charge in [0.1, 0.15) is 5.82 Å². The molecule has 2 aromatic rings. The van der Waals surface area contributed by atoms with E-state index in [1.807, 2.05) is 32.9 Å². The van der Waals surface area contributed by atoms with Gasteiger partial charge in [-0.2, -0.15) is 0 Å². The van der Waals surface area contributed by atoms with Gasteiger partial charge in [0.2, 0.25) is 0 Å². The summed E-state index contributed by atoms with van der Waals surface area (Å²) >= 11 is 1.69. The molecule has 1 saturated carbocycles. The van der Waals surface area contributed by atoms with Crippen LogP contribution in [0.3, 0.4) is 0 Å². The molecule has 0 bridgehead atoms. The van der Waals surface area contributed by atoms with E-state index in [-0.39, 0.29) is 35.2 Å². The van der Waals surface area contributed by atoms with Gasteiger partial charge in [0, 0.05) is 23.4 Å². The van der Waals surface area contributed by atoms with Crippen LogP contribution in [0.1, 0.15) is 40.9 Å². The van der Waals surface area contributed by atoms with E-state index in [1.54, 1.807) is 23.5 Å². The Hall–Kier alpha value is -1.22. The maximum atomic E-state index is 14.1. The van der Waals surface area contributed by atoms with Crippen molar-refractivity contribution in [2.45, 2.75) is 45.6 Å². The summed E-state index contributed by atoms with van der Waals surface area (Å²) in [4.78, 5) is 10.3. The van der Waals surface area contributed by atoms with Crippen LogP contribution < -0.4 is 10.6 Å². The van der Waals surface area contributed by atoms with E-state index in [4.69, 9.17) is 0 Å². The quantitative estimate of drug-likeness (QED) is 0.362. The second-order valence-corrected chi connectivity index (χ2v) is 7.84. The van der Waals surface area contributed by atoms with Gasteiger partial charge in [0.05, 0.1) is 17.2 Å². The number of aryl methyl sites for hydroxylation is 2. The average Bonchev–Trinajstić information content (AvgIpc) is 3.30. The van der Waals surface area contributed by atoms with E-state index in [0.29, 0.717) is 13.1 Å². The lowest BCUT2D eigenvalue weighted by Gasteiger charge is -2.19. The van der Waals surface area contributed by atoms with Crippen LogP contribution in [-0.4, -0.2) is 24.0 Å². The number of rotatable bonds is 6. The molecule has 4 nitrogen and oxygen atoms in total. The number of guanidine groups is 1. The predicted molar refractivity (Wildman–Crippen MR) is 117 cm³/mol. The lowest BCUT2D eigenvalue weighted by atomic mass is 9.95. The first-order chi connectivity index (χ1) is 12.0. The average molecular weight is 488 g/mol. The molecule has 0 aliphatic heterocycles. The molecule has 1 fully saturated rings. The number of nitrogens with zero attached hydrogens (tertiary/aromatic N) is 2. The van der Waals surface area contributed by atoms with Crippen molar-refractivity contribution in [3.05, 3.63) is 51.2 Å². The van der Waals surface area contributed by atoms with Crippen molar-refractivity contribution < 1.29 is 4.39 Å². The minimum absolute atomic E-state index is 0. The molecule has 26 heavy (non-hydrogen) atoms. The Morgan fingerprint density at radius 2 is 2.00 bits per heavy atom. The summed E-state index contributed by atoms with van der Waals surface area (Å²) in [6.45, 7) is 8.17. The van der Waals surface area contributed by atoms with Gasteiger partial charge < -0.3 is 10.6 Å². The number of benzene rings is 1. The summed E-state index contributed by atoms with van der Waals surface area (Å²) in [5.74, 6) is 0.662. The van der Waals surface area contributed by atoms with E-state index >= 15 is 0 Å². The Morgan fingerprint density at radius 1 is 1.27 bits per heavy atom. The molecular formula is C19H26FIN4S. The van der Waals surface area contributed by atoms with E-state index in [0.717, 1.165) is 41.6 Å². The second kappa shape index (κ2) is 9.12. The number of thiazole rings is 1. The zero-order valence-corrected chi connectivity index (χ0v) is 18.6. The normalized spacial score (nSPS) is 15.3. The van der Waals surface area contributed by atoms with Gasteiger partial charge in [-0.15, -0.1) is 35.3 Å². The minimum Gasteiger partial charge on any atom is -0.357 e. The summed E-state index contributed by atoms with van der Waals surface area (Å²) in [5, 5.41) is 7.74. The first-order valence-corrected chi connectivity index (χ1v) is 9.56. The van der Waals surface area contributed by atoms with Crippen LogP contribution in [-0.2, 0) is 12.0 Å². The zero-order chi connectivity index (χ0) is 17.9. The summed E-state index contributed by atoms with van der Waals surface area (Å²) in [6, 6.07) is 7.10. The number of nitrogens with one attached hydrogen (secondary N) is 2. The van der Waals surface area contributed by atoms with E-state index < -0.39 is 0 Å². The van der Waals surface area contributed by atoms with Crippen LogP contribution >= 0.6 is 35.3 Å². The lowest BCUT2D eigenvalue weighted by Crippen LogP contribution is -2.41. The van der Waals surface area contributed by atoms with Crippen molar-refractivity contribution in [3.63, 3.8) is 0 Å². The summed E-state index contributed by atoms with van der Waals surface area (Å²) < 4.78 is 14.1. The summed E-state index contributed by atoms with van der Waals surface area (Å²) in [5.41, 5.74) is 1.76. The molecule has 0 saturated heterocycles. The zero-order valence-electron chi connectivity index (χ0n) is 15.4. The Balaban J connectivity index is 0.00000243. The highest BCUT2D eigenvalue weighted by Crippen LogP contribution is 2.48. The third-order valence-corrected chi connectivity index (χ3v) is 5.68. The molecule has 1 aliphatic carbocycles. The standard InChI is InChI=1S/C19H25FN4S.HI/c1-4-21-18(22-11-17-13(2)24-14(3)25-17)23-12-19(9-10-19)15-7-5-6-8-16(15)20;/h5-8H,4,9-12H2,1-3H3,(H2,21,22,23);1H. The molecular weight excluding hydrogens is 462 g/mol. The smallest absolute Gasteiger partial charge is 0.191 e. The SMILES string of the molecule is CCNC(=NCc1sc(C)nc1C)NCC1(c2ccccc2F)CC1.I. The van der Waals surface area contributed by atoms with Crippen LogP contribution in [0.4, 0.5) is 4.39 Å². The fourth-order valence-corrected chi connectivity index (χ4v) is 3.91. The topological polar surface area (TPSA) is 49.3 Å². The maximum absolute atomic E-state index is 14.1. The highest BCUT2D eigenvalue weighted by molar-refractivity contribution is 14.0. The van der Waals surface area contributed by atoms with Crippen molar-refractivity contribution in [1.82, 2.24) is 15.6 Å². The van der Waals surface area contributed by atoms with Crippen LogP contribution in [0.15, 0.2) is 29.3 Å². The Morgan fingerprint density at radius 3 is 2.58 bits per heavy atom. The molecule has 7 heteroatoms. The van der Waals surface area contributed by atoms with E-state index in [9.17, 15) is 4.39 Å². The fraction of sp³-hybridized carbons (Fsp3) is 0.474. The van der Waals surface area contributed by atoms with Gasteiger partial charge in [0.25, 0.3) is 0 Å². The maximum Gasteiger partial charge on any atom is 0.191 e. The van der Waals surface area contributed by atoms with Gasteiger partial charge in [-0.3, -0.25) is 0 Å². The molecule has 1 aliphatic rings. The van der Waals surface area contributed by atoms with Crippen molar-refractivity contribution in [2.75, 3.05) is 13.1 Å². The third-order valence-electron chi connectivity index (χ3n) is 4.62. The van der Waals surface area contributed by atoms with Gasteiger partial charge in [0.15, 0.2) is 5.96 Å². The van der Waals surface area contributed by atoms with Crippen LogP contribution in [0.2, 0.25) is 0 Å². The summed E-state index contributed by atoms with van der Waals surface area (Å²) in [6.07, 6.45) is 2.01. The molecule has 0 spiro atoms. The van der Waals surface area contributed by atoms with Gasteiger partial charge in [-0.05, 0) is 45.2 Å². The van der Waals surface area contributed by atoms with E-state index in [1.165, 1.54) is 4.88 Å². The highest BCUT2D eigenvalue weighted by atomic mass is 127. The second-order valence-electron chi connectivity index (χ2n) is 6.55. The monoisotopic (exact) mass is 488 g/mol. The molecule has 3 rings (SSSR count).